The number of methoxy groups -OCH3 is 1. The summed E-state index contributed by atoms with van der Waals surface area (Å²) in [5.41, 5.74) is 0.248. The molecule has 1 aromatic rings. The SMILES string of the molecule is COc1cc(C(=O)NCCC(C)C(=O)O)nn1C. The van der Waals surface area contributed by atoms with Gasteiger partial charge in [-0.25, -0.2) is 4.68 Å². The molecule has 2 N–H and O–H groups in total. The van der Waals surface area contributed by atoms with Crippen molar-refractivity contribution in [1.29, 1.82) is 0 Å². The van der Waals surface area contributed by atoms with Gasteiger partial charge >= 0.3 is 5.97 Å². The van der Waals surface area contributed by atoms with E-state index < -0.39 is 11.9 Å². The average molecular weight is 255 g/mol. The largest absolute Gasteiger partial charge is 0.481 e. The molecule has 0 saturated heterocycles. The fraction of sp³-hybridized carbons (Fsp3) is 0.545. The van der Waals surface area contributed by atoms with E-state index >= 15 is 0 Å². The highest BCUT2D eigenvalue weighted by Crippen LogP contribution is 2.10. The molecule has 0 fully saturated rings. The number of carbonyl (C=O) groups is 2. The lowest BCUT2D eigenvalue weighted by atomic mass is 10.1. The molecule has 1 unspecified atom stereocenters. The van der Waals surface area contributed by atoms with Gasteiger partial charge in [-0.2, -0.15) is 5.10 Å². The Morgan fingerprint density at radius 1 is 1.61 bits per heavy atom. The predicted octanol–water partition coefficient (Wildman–Crippen LogP) is 0.269. The Morgan fingerprint density at radius 3 is 2.78 bits per heavy atom. The standard InChI is InChI=1S/C11H17N3O4/c1-7(11(16)17)4-5-12-10(15)8-6-9(18-3)14(2)13-8/h6-7H,4-5H2,1-3H3,(H,12,15)(H,16,17). The molecule has 1 amide bonds. The molecule has 18 heavy (non-hydrogen) atoms. The molecule has 1 rings (SSSR count). The fourth-order valence-electron chi connectivity index (χ4n) is 1.37. The van der Waals surface area contributed by atoms with Crippen molar-refractivity contribution in [2.45, 2.75) is 13.3 Å². The molecule has 0 bridgehead atoms. The summed E-state index contributed by atoms with van der Waals surface area (Å²) in [4.78, 5) is 22.3. The number of amides is 1. The Balaban J connectivity index is 2.48. The van der Waals surface area contributed by atoms with Gasteiger partial charge in [0.15, 0.2) is 5.69 Å². The van der Waals surface area contributed by atoms with Crippen molar-refractivity contribution in [2.24, 2.45) is 13.0 Å². The first-order chi connectivity index (χ1) is 8.45. The van der Waals surface area contributed by atoms with Crippen LogP contribution in [0.4, 0.5) is 0 Å². The van der Waals surface area contributed by atoms with Gasteiger partial charge in [0.2, 0.25) is 5.88 Å². The van der Waals surface area contributed by atoms with Crippen LogP contribution >= 0.6 is 0 Å². The lowest BCUT2D eigenvalue weighted by Crippen LogP contribution is -2.27. The zero-order valence-electron chi connectivity index (χ0n) is 10.6. The zero-order valence-corrected chi connectivity index (χ0v) is 10.6. The topological polar surface area (TPSA) is 93.4 Å². The van der Waals surface area contributed by atoms with Crippen molar-refractivity contribution in [2.75, 3.05) is 13.7 Å². The normalized spacial score (nSPS) is 11.9. The minimum atomic E-state index is -0.872. The molecule has 1 atom stereocenters. The minimum Gasteiger partial charge on any atom is -0.481 e. The van der Waals surface area contributed by atoms with E-state index in [0.717, 1.165) is 0 Å². The third-order valence-electron chi connectivity index (χ3n) is 2.56. The summed E-state index contributed by atoms with van der Waals surface area (Å²) in [6.07, 6.45) is 0.380. The Morgan fingerprint density at radius 2 is 2.28 bits per heavy atom. The maximum absolute atomic E-state index is 11.7. The smallest absolute Gasteiger partial charge is 0.306 e. The second-order valence-corrected chi connectivity index (χ2v) is 3.98. The van der Waals surface area contributed by atoms with Crippen LogP contribution in [0.15, 0.2) is 6.07 Å². The Bertz CT molecular complexity index is 441. The van der Waals surface area contributed by atoms with Crippen molar-refractivity contribution in [3.05, 3.63) is 11.8 Å². The summed E-state index contributed by atoms with van der Waals surface area (Å²) >= 11 is 0. The van der Waals surface area contributed by atoms with Crippen molar-refractivity contribution in [3.8, 4) is 5.88 Å². The van der Waals surface area contributed by atoms with Crippen LogP contribution in [0.3, 0.4) is 0 Å². The highest BCUT2D eigenvalue weighted by molar-refractivity contribution is 5.92. The number of rotatable bonds is 6. The van der Waals surface area contributed by atoms with Gasteiger partial charge in [0.25, 0.3) is 5.91 Å². The summed E-state index contributed by atoms with van der Waals surface area (Å²) in [5, 5.41) is 15.3. The first-order valence-corrected chi connectivity index (χ1v) is 5.54. The maximum atomic E-state index is 11.7. The zero-order chi connectivity index (χ0) is 13.7. The molecular weight excluding hydrogens is 238 g/mol. The van der Waals surface area contributed by atoms with Gasteiger partial charge in [-0.3, -0.25) is 9.59 Å². The van der Waals surface area contributed by atoms with E-state index in [2.05, 4.69) is 10.4 Å². The quantitative estimate of drug-likeness (QED) is 0.761. The van der Waals surface area contributed by atoms with E-state index in [-0.39, 0.29) is 11.6 Å². The third-order valence-corrected chi connectivity index (χ3v) is 2.56. The van der Waals surface area contributed by atoms with Crippen LogP contribution in [-0.2, 0) is 11.8 Å². The molecule has 7 nitrogen and oxygen atoms in total. The van der Waals surface area contributed by atoms with Crippen molar-refractivity contribution < 1.29 is 19.4 Å². The van der Waals surface area contributed by atoms with Gasteiger partial charge in [-0.1, -0.05) is 6.92 Å². The molecule has 0 aromatic carbocycles. The van der Waals surface area contributed by atoms with Crippen LogP contribution < -0.4 is 10.1 Å². The van der Waals surface area contributed by atoms with Crippen LogP contribution in [-0.4, -0.2) is 40.4 Å². The maximum Gasteiger partial charge on any atom is 0.306 e. The molecule has 1 heterocycles. The summed E-state index contributed by atoms with van der Waals surface area (Å²) in [7, 11) is 3.16. The van der Waals surface area contributed by atoms with E-state index in [1.165, 1.54) is 17.9 Å². The second-order valence-electron chi connectivity index (χ2n) is 3.98. The van der Waals surface area contributed by atoms with E-state index in [0.29, 0.717) is 18.8 Å². The molecule has 0 aliphatic heterocycles. The highest BCUT2D eigenvalue weighted by atomic mass is 16.5. The van der Waals surface area contributed by atoms with Gasteiger partial charge in [0.1, 0.15) is 0 Å². The van der Waals surface area contributed by atoms with Crippen LogP contribution in [0, 0.1) is 5.92 Å². The molecule has 0 aliphatic rings. The van der Waals surface area contributed by atoms with Crippen LogP contribution in [0.25, 0.3) is 0 Å². The molecule has 7 heteroatoms. The Labute approximate surface area is 105 Å². The number of ether oxygens (including phenoxy) is 1. The van der Waals surface area contributed by atoms with Gasteiger partial charge in [-0.05, 0) is 6.42 Å². The van der Waals surface area contributed by atoms with Crippen molar-refractivity contribution >= 4 is 11.9 Å². The molecular formula is C11H17N3O4. The lowest BCUT2D eigenvalue weighted by Gasteiger charge is -2.06. The number of nitrogens with one attached hydrogen (secondary N) is 1. The Hall–Kier alpha value is -2.05. The number of aromatic nitrogens is 2. The number of carboxylic acids is 1. The first-order valence-electron chi connectivity index (χ1n) is 5.54. The van der Waals surface area contributed by atoms with Crippen LogP contribution in [0.2, 0.25) is 0 Å². The number of hydrogen-bond acceptors (Lipinski definition) is 4. The predicted molar refractivity (Wildman–Crippen MR) is 63.5 cm³/mol. The second kappa shape index (κ2) is 6.04. The molecule has 100 valence electrons. The summed E-state index contributed by atoms with van der Waals surface area (Å²) in [6, 6.07) is 1.52. The third kappa shape index (κ3) is 3.47. The average Bonchev–Trinajstić information content (AvgIpc) is 2.70. The number of carbonyl (C=O) groups excluding carboxylic acids is 1. The van der Waals surface area contributed by atoms with Crippen molar-refractivity contribution in [1.82, 2.24) is 15.1 Å². The van der Waals surface area contributed by atoms with Crippen LogP contribution in [0.5, 0.6) is 5.88 Å². The fourth-order valence-corrected chi connectivity index (χ4v) is 1.37. The number of carboxylic acid groups (broad SMARTS) is 1. The van der Waals surface area contributed by atoms with E-state index in [1.807, 2.05) is 0 Å². The highest BCUT2D eigenvalue weighted by Gasteiger charge is 2.14. The van der Waals surface area contributed by atoms with Gasteiger partial charge in [0.05, 0.1) is 13.0 Å². The number of aryl methyl sites for hydroxylation is 1. The minimum absolute atomic E-state index is 0.248. The number of nitrogens with zero attached hydrogens (tertiary/aromatic N) is 2. The number of hydrogen-bond donors (Lipinski definition) is 2. The first kappa shape index (κ1) is 14.0. The number of aliphatic carboxylic acids is 1. The molecule has 0 radical (unpaired) electrons. The Kier molecular flexibility index (Phi) is 4.70. The van der Waals surface area contributed by atoms with Gasteiger partial charge in [0, 0.05) is 19.7 Å². The van der Waals surface area contributed by atoms with Gasteiger partial charge < -0.3 is 15.2 Å². The van der Waals surface area contributed by atoms with E-state index in [1.54, 1.807) is 14.0 Å². The molecule has 0 aliphatic carbocycles. The lowest BCUT2D eigenvalue weighted by molar-refractivity contribution is -0.141. The summed E-state index contributed by atoms with van der Waals surface area (Å²) in [5.74, 6) is -1.21. The molecule has 1 aromatic heterocycles. The van der Waals surface area contributed by atoms with Gasteiger partial charge in [-0.15, -0.1) is 0 Å². The summed E-state index contributed by atoms with van der Waals surface area (Å²) in [6.45, 7) is 1.89. The molecule has 0 saturated carbocycles. The monoisotopic (exact) mass is 255 g/mol. The van der Waals surface area contributed by atoms with E-state index in [9.17, 15) is 9.59 Å². The summed E-state index contributed by atoms with van der Waals surface area (Å²) < 4.78 is 6.45. The van der Waals surface area contributed by atoms with Crippen molar-refractivity contribution in [3.63, 3.8) is 0 Å². The van der Waals surface area contributed by atoms with E-state index in [4.69, 9.17) is 9.84 Å². The molecule has 0 spiro atoms. The van der Waals surface area contributed by atoms with Crippen LogP contribution in [0.1, 0.15) is 23.8 Å².